The zero-order valence-electron chi connectivity index (χ0n) is 28.9. The van der Waals surface area contributed by atoms with E-state index in [4.69, 9.17) is 33.2 Å². The predicted molar refractivity (Wildman–Crippen MR) is 223 cm³/mol. The average Bonchev–Trinajstić information content (AvgIpc) is 3.90. The first-order valence-corrected chi connectivity index (χ1v) is 18.9. The maximum atomic E-state index is 6.30. The van der Waals surface area contributed by atoms with Gasteiger partial charge in [0.1, 0.15) is 0 Å². The molecule has 4 nitrogen and oxygen atoms in total. The largest absolute Gasteiger partial charge is 0.350 e. The van der Waals surface area contributed by atoms with Gasteiger partial charge in [0.2, 0.25) is 0 Å². The molecule has 4 heterocycles. The molecule has 2 atom stereocenters. The highest BCUT2D eigenvalue weighted by Crippen LogP contribution is 2.64. The van der Waals surface area contributed by atoms with E-state index in [2.05, 4.69) is 131 Å². The third-order valence-electron chi connectivity index (χ3n) is 11.0. The molecule has 0 amide bonds. The monoisotopic (exact) mass is 732 g/mol. The Kier molecular flexibility index (Phi) is 7.06. The highest BCUT2D eigenvalue weighted by Gasteiger charge is 2.54. The Balaban J connectivity index is 1.05. The fourth-order valence-electron chi connectivity index (χ4n) is 8.44. The normalized spacial score (nSPS) is 15.6. The molecule has 0 N–H and O–H groups in total. The van der Waals surface area contributed by atoms with Crippen LogP contribution in [-0.2, 0) is 0 Å². The SMILES string of the molecule is Clc1ccc(-c2cc(C3[C@H]4c5cc(-c6ccc7c(c6)c6ccccc6n7-c6ccccc6)ccc5-c5ccccc5N34)nc(-c3ccc(Cl)cc3)n2)cc1. The zero-order valence-corrected chi connectivity index (χ0v) is 30.4. The summed E-state index contributed by atoms with van der Waals surface area (Å²) < 4.78 is 2.36. The van der Waals surface area contributed by atoms with Gasteiger partial charge < -0.3 is 9.47 Å². The van der Waals surface area contributed by atoms with Crippen molar-refractivity contribution in [1.82, 2.24) is 14.5 Å². The first kappa shape index (κ1) is 31.3. The highest BCUT2D eigenvalue weighted by molar-refractivity contribution is 6.31. The number of aromatic nitrogens is 3. The van der Waals surface area contributed by atoms with Crippen LogP contribution >= 0.6 is 23.2 Å². The Morgan fingerprint density at radius 1 is 0.463 bits per heavy atom. The van der Waals surface area contributed by atoms with Gasteiger partial charge in [0.15, 0.2) is 5.82 Å². The highest BCUT2D eigenvalue weighted by atomic mass is 35.5. The van der Waals surface area contributed by atoms with Gasteiger partial charge in [0.25, 0.3) is 0 Å². The molecule has 1 unspecified atom stereocenters. The molecule has 11 rings (SSSR count). The van der Waals surface area contributed by atoms with Crippen molar-refractivity contribution in [2.24, 2.45) is 0 Å². The number of fused-ring (bicyclic) bond motifs is 9. The Morgan fingerprint density at radius 3 is 1.93 bits per heavy atom. The van der Waals surface area contributed by atoms with E-state index < -0.39 is 0 Å². The van der Waals surface area contributed by atoms with Gasteiger partial charge in [0.05, 0.1) is 34.5 Å². The Labute approximate surface area is 322 Å². The fraction of sp³-hybridized carbons (Fsp3) is 0.0417. The molecule has 256 valence electrons. The molecule has 1 fully saturated rings. The number of anilines is 1. The summed E-state index contributed by atoms with van der Waals surface area (Å²) in [7, 11) is 0. The number of halogens is 2. The van der Waals surface area contributed by atoms with Gasteiger partial charge in [-0.15, -0.1) is 0 Å². The first-order valence-electron chi connectivity index (χ1n) is 18.1. The second-order valence-electron chi connectivity index (χ2n) is 14.1. The van der Waals surface area contributed by atoms with Gasteiger partial charge in [-0.05, 0) is 107 Å². The lowest BCUT2D eigenvalue weighted by Crippen LogP contribution is -2.05. The Morgan fingerprint density at radius 2 is 1.11 bits per heavy atom. The van der Waals surface area contributed by atoms with Crippen molar-refractivity contribution in [2.45, 2.75) is 12.1 Å². The summed E-state index contributed by atoms with van der Waals surface area (Å²) in [6.07, 6.45) is 0. The molecule has 0 radical (unpaired) electrons. The Hall–Kier alpha value is -6.20. The predicted octanol–water partition coefficient (Wildman–Crippen LogP) is 13.2. The summed E-state index contributed by atoms with van der Waals surface area (Å²) in [5, 5.41) is 3.86. The minimum absolute atomic E-state index is 0.0362. The van der Waals surface area contributed by atoms with E-state index in [1.54, 1.807) is 0 Å². The molecule has 0 saturated carbocycles. The maximum absolute atomic E-state index is 6.30. The number of para-hydroxylation sites is 3. The van der Waals surface area contributed by atoms with Gasteiger partial charge in [-0.3, -0.25) is 0 Å². The molecule has 7 aromatic carbocycles. The van der Waals surface area contributed by atoms with Crippen LogP contribution in [0.2, 0.25) is 10.0 Å². The second kappa shape index (κ2) is 12.2. The van der Waals surface area contributed by atoms with Crippen LogP contribution in [0.5, 0.6) is 0 Å². The molecular weight excluding hydrogens is 703 g/mol. The summed E-state index contributed by atoms with van der Waals surface area (Å²) in [4.78, 5) is 12.8. The molecule has 0 bridgehead atoms. The second-order valence-corrected chi connectivity index (χ2v) is 14.9. The molecular formula is C48H30Cl2N4. The van der Waals surface area contributed by atoms with Crippen molar-refractivity contribution in [3.63, 3.8) is 0 Å². The van der Waals surface area contributed by atoms with E-state index in [0.717, 1.165) is 28.2 Å². The number of benzene rings is 7. The average molecular weight is 734 g/mol. The van der Waals surface area contributed by atoms with Crippen molar-refractivity contribution in [3.8, 4) is 50.6 Å². The van der Waals surface area contributed by atoms with E-state index in [0.29, 0.717) is 15.9 Å². The molecule has 54 heavy (non-hydrogen) atoms. The van der Waals surface area contributed by atoms with Crippen molar-refractivity contribution < 1.29 is 0 Å². The minimum Gasteiger partial charge on any atom is -0.350 e. The van der Waals surface area contributed by atoms with Crippen LogP contribution in [0, 0.1) is 0 Å². The molecule has 2 aliphatic rings. The molecule has 2 aromatic heterocycles. The molecule has 2 aliphatic heterocycles. The molecule has 0 spiro atoms. The van der Waals surface area contributed by atoms with E-state index >= 15 is 0 Å². The Bertz CT molecular complexity index is 2850. The van der Waals surface area contributed by atoms with Gasteiger partial charge in [-0.25, -0.2) is 9.97 Å². The number of rotatable bonds is 5. The molecule has 1 saturated heterocycles. The summed E-state index contributed by atoms with van der Waals surface area (Å²) in [5.74, 6) is 0.671. The third kappa shape index (κ3) is 4.98. The molecule has 6 heteroatoms. The van der Waals surface area contributed by atoms with Crippen LogP contribution < -0.4 is 4.90 Å². The lowest BCUT2D eigenvalue weighted by Gasteiger charge is -2.21. The van der Waals surface area contributed by atoms with E-state index in [1.165, 1.54) is 55.3 Å². The zero-order chi connectivity index (χ0) is 35.9. The summed E-state index contributed by atoms with van der Waals surface area (Å²) in [6, 6.07) is 59.9. The van der Waals surface area contributed by atoms with Crippen molar-refractivity contribution in [1.29, 1.82) is 0 Å². The van der Waals surface area contributed by atoms with Gasteiger partial charge in [0, 0.05) is 48.9 Å². The van der Waals surface area contributed by atoms with Gasteiger partial charge in [-0.2, -0.15) is 0 Å². The fourth-order valence-corrected chi connectivity index (χ4v) is 8.69. The summed E-state index contributed by atoms with van der Waals surface area (Å²) in [5.41, 5.74) is 14.7. The van der Waals surface area contributed by atoms with Gasteiger partial charge in [-0.1, -0.05) is 108 Å². The standard InChI is InChI=1S/C48H30Cl2N4/c49-33-20-14-29(15-21-33)41-28-42(52-48(51-41)30-16-22-34(50)23-17-30)47-46-40-27-31(18-24-36(40)37-10-4-7-13-44(37)54(46)47)32-19-25-45-39(26-32)38-11-5-6-12-43(38)53(45)35-8-2-1-3-9-35/h1-28,46-47H/t46-,47?,54?/m1/s1. The molecule has 9 aromatic rings. The quantitative estimate of drug-likeness (QED) is 0.165. The number of hydrogen-bond donors (Lipinski definition) is 0. The minimum atomic E-state index is 0.0362. The number of nitrogens with zero attached hydrogens (tertiary/aromatic N) is 4. The van der Waals surface area contributed by atoms with E-state index in [-0.39, 0.29) is 12.1 Å². The van der Waals surface area contributed by atoms with E-state index in [9.17, 15) is 0 Å². The van der Waals surface area contributed by atoms with Crippen LogP contribution in [0.1, 0.15) is 23.3 Å². The smallest absolute Gasteiger partial charge is 0.160 e. The van der Waals surface area contributed by atoms with Gasteiger partial charge >= 0.3 is 0 Å². The lowest BCUT2D eigenvalue weighted by molar-refractivity contribution is 0.954. The first-order chi connectivity index (χ1) is 26.6. The van der Waals surface area contributed by atoms with Crippen molar-refractivity contribution in [2.75, 3.05) is 4.90 Å². The van der Waals surface area contributed by atoms with Crippen LogP contribution in [0.3, 0.4) is 0 Å². The topological polar surface area (TPSA) is 33.7 Å². The maximum Gasteiger partial charge on any atom is 0.160 e. The lowest BCUT2D eigenvalue weighted by atomic mass is 9.89. The van der Waals surface area contributed by atoms with Crippen molar-refractivity contribution in [3.05, 3.63) is 191 Å². The third-order valence-corrected chi connectivity index (χ3v) is 11.5. The summed E-state index contributed by atoms with van der Waals surface area (Å²) >= 11 is 12.6. The van der Waals surface area contributed by atoms with Crippen LogP contribution in [0.25, 0.3) is 72.4 Å². The van der Waals surface area contributed by atoms with Crippen LogP contribution in [-0.4, -0.2) is 14.5 Å². The van der Waals surface area contributed by atoms with Crippen LogP contribution in [0.4, 0.5) is 5.69 Å². The number of hydrogen-bond acceptors (Lipinski definition) is 3. The summed E-state index contributed by atoms with van der Waals surface area (Å²) in [6.45, 7) is 0. The van der Waals surface area contributed by atoms with Crippen LogP contribution in [0.15, 0.2) is 170 Å². The van der Waals surface area contributed by atoms with E-state index in [1.807, 2.05) is 48.5 Å². The van der Waals surface area contributed by atoms with Crippen molar-refractivity contribution >= 4 is 50.7 Å². The molecule has 0 aliphatic carbocycles.